The Hall–Kier alpha value is -0.290. The summed E-state index contributed by atoms with van der Waals surface area (Å²) in [5.41, 5.74) is 0. The lowest BCUT2D eigenvalue weighted by molar-refractivity contribution is -0.179. The van der Waals surface area contributed by atoms with E-state index in [0.29, 0.717) is 6.42 Å². The van der Waals surface area contributed by atoms with Crippen LogP contribution in [0, 0.1) is 0 Å². The number of rotatable bonds is 4. The Kier molecular flexibility index (Phi) is 4.44. The minimum Gasteiger partial charge on any atom is -0.391 e. The average molecular weight is 172 g/mol. The van der Waals surface area contributed by atoms with E-state index >= 15 is 0 Å². The molecule has 0 saturated heterocycles. The van der Waals surface area contributed by atoms with Crippen molar-refractivity contribution in [1.29, 1.82) is 0 Å². The van der Waals surface area contributed by atoms with Crippen LogP contribution in [0.15, 0.2) is 0 Å². The number of aliphatic hydroxyl groups is 1. The fraction of sp³-hybridized carbons (Fsp3) is 1.00. The van der Waals surface area contributed by atoms with E-state index in [9.17, 15) is 13.2 Å². The Balaban J connectivity index is 3.28. The van der Waals surface area contributed by atoms with Crippen LogP contribution in [-0.4, -0.2) is 30.6 Å². The van der Waals surface area contributed by atoms with E-state index in [1.807, 2.05) is 0 Å². The molecule has 0 spiro atoms. The van der Waals surface area contributed by atoms with Crippen LogP contribution >= 0.6 is 0 Å². The quantitative estimate of drug-likeness (QED) is 0.693. The van der Waals surface area contributed by atoms with Crippen LogP contribution in [0.5, 0.6) is 0 Å². The third-order valence-electron chi connectivity index (χ3n) is 1.05. The average Bonchev–Trinajstić information content (AvgIpc) is 1.85. The zero-order chi connectivity index (χ0) is 8.91. The lowest BCUT2D eigenvalue weighted by Crippen LogP contribution is -2.22. The summed E-state index contributed by atoms with van der Waals surface area (Å²) < 4.78 is 38.4. The van der Waals surface area contributed by atoms with Crippen molar-refractivity contribution < 1.29 is 23.0 Å². The summed E-state index contributed by atoms with van der Waals surface area (Å²) in [6.45, 7) is 0.127. The van der Waals surface area contributed by atoms with Gasteiger partial charge >= 0.3 is 6.18 Å². The van der Waals surface area contributed by atoms with Crippen LogP contribution < -0.4 is 0 Å². The fourth-order valence-corrected chi connectivity index (χ4v) is 0.429. The number of hydrogen-bond donors (Lipinski definition) is 1. The lowest BCUT2D eigenvalue weighted by Gasteiger charge is -2.10. The van der Waals surface area contributed by atoms with Crippen molar-refractivity contribution in [1.82, 2.24) is 0 Å². The van der Waals surface area contributed by atoms with Crippen LogP contribution in [0.25, 0.3) is 0 Å². The summed E-state index contributed by atoms with van der Waals surface area (Å²) in [6, 6.07) is 0. The Morgan fingerprint density at radius 3 is 2.36 bits per heavy atom. The van der Waals surface area contributed by atoms with Crippen LogP contribution in [0.1, 0.15) is 13.3 Å². The standard InChI is InChI=1S/C6H11F3O2/c1-2-5(10)3-11-4-6(7,8)9/h5,10H,2-4H2,1H3/t5-/m1/s1. The van der Waals surface area contributed by atoms with Gasteiger partial charge in [-0.1, -0.05) is 6.92 Å². The minimum atomic E-state index is -4.30. The van der Waals surface area contributed by atoms with Gasteiger partial charge in [-0.25, -0.2) is 0 Å². The molecule has 0 aromatic rings. The zero-order valence-corrected chi connectivity index (χ0v) is 6.19. The van der Waals surface area contributed by atoms with Gasteiger partial charge in [-0.2, -0.15) is 13.2 Å². The van der Waals surface area contributed by atoms with E-state index in [1.54, 1.807) is 6.92 Å². The van der Waals surface area contributed by atoms with Gasteiger partial charge in [0.1, 0.15) is 6.61 Å². The van der Waals surface area contributed by atoms with Gasteiger partial charge in [0.05, 0.1) is 12.7 Å². The first-order valence-electron chi connectivity index (χ1n) is 3.28. The molecule has 0 amide bonds. The molecule has 0 bridgehead atoms. The maximum atomic E-state index is 11.4. The van der Waals surface area contributed by atoms with E-state index in [4.69, 9.17) is 5.11 Å². The molecule has 0 saturated carbocycles. The zero-order valence-electron chi connectivity index (χ0n) is 6.19. The predicted molar refractivity (Wildman–Crippen MR) is 33.2 cm³/mol. The molecule has 0 heterocycles. The molecule has 5 heteroatoms. The van der Waals surface area contributed by atoms with Crippen molar-refractivity contribution in [3.05, 3.63) is 0 Å². The van der Waals surface area contributed by atoms with Crippen LogP contribution in [0.4, 0.5) is 13.2 Å². The summed E-state index contributed by atoms with van der Waals surface area (Å²) in [7, 11) is 0. The van der Waals surface area contributed by atoms with Gasteiger partial charge in [0, 0.05) is 0 Å². The molecule has 0 radical (unpaired) electrons. The smallest absolute Gasteiger partial charge is 0.391 e. The third-order valence-corrected chi connectivity index (χ3v) is 1.05. The number of alkyl halides is 3. The molecule has 0 aliphatic rings. The van der Waals surface area contributed by atoms with Crippen molar-refractivity contribution in [2.45, 2.75) is 25.6 Å². The SMILES string of the molecule is CC[C@@H](O)COCC(F)(F)F. The first-order chi connectivity index (χ1) is 4.95. The molecular weight excluding hydrogens is 161 g/mol. The van der Waals surface area contributed by atoms with Crippen molar-refractivity contribution >= 4 is 0 Å². The fourth-order valence-electron chi connectivity index (χ4n) is 0.429. The lowest BCUT2D eigenvalue weighted by atomic mass is 10.3. The van der Waals surface area contributed by atoms with Crippen LogP contribution in [0.2, 0.25) is 0 Å². The number of aliphatic hydroxyl groups excluding tert-OH is 1. The molecule has 0 fully saturated rings. The Bertz CT molecular complexity index is 102. The molecule has 0 aromatic heterocycles. The van der Waals surface area contributed by atoms with E-state index in [-0.39, 0.29) is 6.61 Å². The molecule has 1 N–H and O–H groups in total. The summed E-state index contributed by atoms with van der Waals surface area (Å²) >= 11 is 0. The Morgan fingerprint density at radius 1 is 1.45 bits per heavy atom. The second-order valence-corrected chi connectivity index (χ2v) is 2.19. The molecule has 11 heavy (non-hydrogen) atoms. The minimum absolute atomic E-state index is 0.254. The van der Waals surface area contributed by atoms with Crippen LogP contribution in [-0.2, 0) is 4.74 Å². The van der Waals surface area contributed by atoms with Crippen molar-refractivity contribution in [2.75, 3.05) is 13.2 Å². The summed E-state index contributed by atoms with van der Waals surface area (Å²) in [5, 5.41) is 8.76. The van der Waals surface area contributed by atoms with E-state index in [1.165, 1.54) is 0 Å². The molecule has 0 aliphatic heterocycles. The Morgan fingerprint density at radius 2 is 2.00 bits per heavy atom. The molecule has 0 aliphatic carbocycles. The van der Waals surface area contributed by atoms with Gasteiger partial charge in [-0.3, -0.25) is 0 Å². The molecule has 2 nitrogen and oxygen atoms in total. The molecular formula is C6H11F3O2. The predicted octanol–water partition coefficient (Wildman–Crippen LogP) is 1.34. The van der Waals surface area contributed by atoms with Crippen molar-refractivity contribution in [3.8, 4) is 0 Å². The number of hydrogen-bond acceptors (Lipinski definition) is 2. The van der Waals surface area contributed by atoms with Crippen molar-refractivity contribution in [2.24, 2.45) is 0 Å². The molecule has 68 valence electrons. The highest BCUT2D eigenvalue weighted by atomic mass is 19.4. The van der Waals surface area contributed by atoms with E-state index < -0.39 is 18.9 Å². The molecule has 0 aromatic carbocycles. The largest absolute Gasteiger partial charge is 0.411 e. The second kappa shape index (κ2) is 4.56. The summed E-state index contributed by atoms with van der Waals surface area (Å²) in [4.78, 5) is 0. The van der Waals surface area contributed by atoms with Crippen LogP contribution in [0.3, 0.4) is 0 Å². The van der Waals surface area contributed by atoms with Gasteiger partial charge < -0.3 is 9.84 Å². The molecule has 0 rings (SSSR count). The summed E-state index contributed by atoms with van der Waals surface area (Å²) in [5.74, 6) is 0. The highest BCUT2D eigenvalue weighted by molar-refractivity contribution is 4.51. The second-order valence-electron chi connectivity index (χ2n) is 2.19. The number of halogens is 3. The van der Waals surface area contributed by atoms with Crippen molar-refractivity contribution in [3.63, 3.8) is 0 Å². The maximum Gasteiger partial charge on any atom is 0.411 e. The normalized spacial score (nSPS) is 15.0. The van der Waals surface area contributed by atoms with Gasteiger partial charge in [0.25, 0.3) is 0 Å². The monoisotopic (exact) mass is 172 g/mol. The van der Waals surface area contributed by atoms with Gasteiger partial charge in [-0.05, 0) is 6.42 Å². The highest BCUT2D eigenvalue weighted by Crippen LogP contribution is 2.14. The van der Waals surface area contributed by atoms with Gasteiger partial charge in [0.2, 0.25) is 0 Å². The number of ether oxygens (including phenoxy) is 1. The van der Waals surface area contributed by atoms with E-state index in [0.717, 1.165) is 0 Å². The topological polar surface area (TPSA) is 29.5 Å². The van der Waals surface area contributed by atoms with Gasteiger partial charge in [0.15, 0.2) is 0 Å². The van der Waals surface area contributed by atoms with E-state index in [2.05, 4.69) is 4.74 Å². The van der Waals surface area contributed by atoms with Gasteiger partial charge in [-0.15, -0.1) is 0 Å². The first kappa shape index (κ1) is 10.7. The first-order valence-corrected chi connectivity index (χ1v) is 3.28. The molecule has 1 atom stereocenters. The Labute approximate surface area is 63.0 Å². The molecule has 0 unspecified atom stereocenters. The maximum absolute atomic E-state index is 11.4. The third kappa shape index (κ3) is 7.61. The summed E-state index contributed by atoms with van der Waals surface area (Å²) in [6.07, 6.45) is -4.69. The highest BCUT2D eigenvalue weighted by Gasteiger charge is 2.27.